The molecule has 1 aliphatic carbocycles. The van der Waals surface area contributed by atoms with E-state index in [4.69, 9.17) is 0 Å². The first-order valence-corrected chi connectivity index (χ1v) is 8.02. The van der Waals surface area contributed by atoms with Crippen LogP contribution >= 0.6 is 0 Å². The minimum absolute atomic E-state index is 0.0552. The van der Waals surface area contributed by atoms with Gasteiger partial charge in [0, 0.05) is 6.42 Å². The van der Waals surface area contributed by atoms with E-state index in [1.165, 1.54) is 0 Å². The average molecular weight is 404 g/mol. The SMILES string of the molecule is CC(C)(CC(=O)Nc1nc2ccc(C(F)(F)F)nc2n1C1=CC=C1)C(F)(F)F. The van der Waals surface area contributed by atoms with Crippen LogP contribution in [0.25, 0.3) is 16.9 Å². The van der Waals surface area contributed by atoms with Crippen LogP contribution in [0.15, 0.2) is 30.4 Å². The molecule has 1 N–H and O–H groups in total. The van der Waals surface area contributed by atoms with Crippen LogP contribution in [0.1, 0.15) is 26.0 Å². The van der Waals surface area contributed by atoms with E-state index in [0.29, 0.717) is 5.70 Å². The van der Waals surface area contributed by atoms with Crippen molar-refractivity contribution in [1.82, 2.24) is 14.5 Å². The summed E-state index contributed by atoms with van der Waals surface area (Å²) in [5.74, 6) is -1.18. The molecule has 0 atom stereocenters. The van der Waals surface area contributed by atoms with Gasteiger partial charge in [0.2, 0.25) is 11.9 Å². The van der Waals surface area contributed by atoms with Gasteiger partial charge in [-0.1, -0.05) is 19.9 Å². The molecule has 150 valence electrons. The van der Waals surface area contributed by atoms with Crippen molar-refractivity contribution in [2.75, 3.05) is 5.32 Å². The molecule has 0 fully saturated rings. The summed E-state index contributed by atoms with van der Waals surface area (Å²) in [6.07, 6.45) is -5.49. The molecule has 2 aromatic rings. The van der Waals surface area contributed by atoms with Gasteiger partial charge in [-0.2, -0.15) is 26.3 Å². The van der Waals surface area contributed by atoms with Gasteiger partial charge in [0.1, 0.15) is 11.2 Å². The van der Waals surface area contributed by atoms with Crippen LogP contribution in [0, 0.1) is 5.41 Å². The number of carbonyl (C=O) groups excluding carboxylic acids is 1. The Labute approximate surface area is 154 Å². The molecule has 0 saturated heterocycles. The number of rotatable bonds is 4. The number of allylic oxidation sites excluding steroid dienone is 4. The van der Waals surface area contributed by atoms with Crippen LogP contribution in [-0.2, 0) is 11.0 Å². The molecule has 5 nitrogen and oxygen atoms in total. The summed E-state index contributed by atoms with van der Waals surface area (Å²) >= 11 is 0. The van der Waals surface area contributed by atoms with Gasteiger partial charge in [0.15, 0.2) is 5.65 Å². The molecular formula is C17H14F6N4O. The quantitative estimate of drug-likeness (QED) is 0.747. The normalized spacial score (nSPS) is 14.8. The Hall–Kier alpha value is -2.85. The summed E-state index contributed by atoms with van der Waals surface area (Å²) in [4.78, 5) is 19.7. The third-order valence-electron chi connectivity index (χ3n) is 4.21. The van der Waals surface area contributed by atoms with Gasteiger partial charge in [0.25, 0.3) is 0 Å². The predicted octanol–water partition coefficient (Wildman–Crippen LogP) is 4.78. The fourth-order valence-electron chi connectivity index (χ4n) is 2.45. The minimum atomic E-state index is -4.69. The second kappa shape index (κ2) is 6.35. The molecule has 2 aromatic heterocycles. The minimum Gasteiger partial charge on any atom is -0.296 e. The van der Waals surface area contributed by atoms with Crippen LogP contribution in [0.5, 0.6) is 0 Å². The maximum atomic E-state index is 13.0. The van der Waals surface area contributed by atoms with Crippen molar-refractivity contribution in [2.24, 2.45) is 5.41 Å². The van der Waals surface area contributed by atoms with Crippen molar-refractivity contribution in [3.8, 4) is 0 Å². The number of aromatic nitrogens is 3. The fraction of sp³-hybridized carbons (Fsp3) is 0.353. The molecule has 0 aliphatic heterocycles. The Bertz CT molecular complexity index is 997. The molecule has 3 rings (SSSR count). The summed E-state index contributed by atoms with van der Waals surface area (Å²) in [5.41, 5.74) is -3.16. The number of halogens is 6. The van der Waals surface area contributed by atoms with Gasteiger partial charge in [0.05, 0.1) is 11.1 Å². The van der Waals surface area contributed by atoms with Crippen molar-refractivity contribution >= 4 is 28.7 Å². The molecular weight excluding hydrogens is 390 g/mol. The maximum Gasteiger partial charge on any atom is 0.433 e. The average Bonchev–Trinajstić information content (AvgIpc) is 2.80. The van der Waals surface area contributed by atoms with Crippen molar-refractivity contribution in [3.05, 3.63) is 36.1 Å². The lowest BCUT2D eigenvalue weighted by Gasteiger charge is -2.26. The number of nitrogens with zero attached hydrogens (tertiary/aromatic N) is 3. The Balaban J connectivity index is 1.98. The van der Waals surface area contributed by atoms with E-state index in [-0.39, 0.29) is 17.1 Å². The van der Waals surface area contributed by atoms with Gasteiger partial charge in [-0.05, 0) is 24.3 Å². The molecule has 0 saturated carbocycles. The number of hydrogen-bond acceptors (Lipinski definition) is 3. The zero-order valence-corrected chi connectivity index (χ0v) is 14.6. The molecule has 0 spiro atoms. The summed E-state index contributed by atoms with van der Waals surface area (Å²) in [5, 5.41) is 2.25. The number of alkyl halides is 6. The molecule has 2 heterocycles. The number of anilines is 1. The van der Waals surface area contributed by atoms with Crippen LogP contribution in [0.4, 0.5) is 32.3 Å². The number of nitrogens with one attached hydrogen (secondary N) is 1. The van der Waals surface area contributed by atoms with E-state index < -0.39 is 35.8 Å². The summed E-state index contributed by atoms with van der Waals surface area (Å²) in [6, 6.07) is 1.82. The van der Waals surface area contributed by atoms with Crippen LogP contribution < -0.4 is 5.32 Å². The molecule has 1 aliphatic rings. The first-order chi connectivity index (χ1) is 12.8. The molecule has 1 amide bonds. The van der Waals surface area contributed by atoms with E-state index in [1.807, 2.05) is 0 Å². The number of amides is 1. The van der Waals surface area contributed by atoms with Gasteiger partial charge < -0.3 is 0 Å². The van der Waals surface area contributed by atoms with Gasteiger partial charge >= 0.3 is 12.4 Å². The van der Waals surface area contributed by atoms with Gasteiger partial charge in [-0.15, -0.1) is 0 Å². The van der Waals surface area contributed by atoms with Gasteiger partial charge in [-0.25, -0.2) is 9.97 Å². The third-order valence-corrected chi connectivity index (χ3v) is 4.21. The number of hydrogen-bond donors (Lipinski definition) is 1. The molecule has 0 unspecified atom stereocenters. The van der Waals surface area contributed by atoms with Crippen molar-refractivity contribution in [1.29, 1.82) is 0 Å². The predicted molar refractivity (Wildman–Crippen MR) is 89.0 cm³/mol. The van der Waals surface area contributed by atoms with E-state index in [2.05, 4.69) is 15.3 Å². The topological polar surface area (TPSA) is 59.8 Å². The summed E-state index contributed by atoms with van der Waals surface area (Å²) in [6.45, 7) is 1.76. The van der Waals surface area contributed by atoms with Crippen molar-refractivity contribution < 1.29 is 31.1 Å². The van der Waals surface area contributed by atoms with E-state index in [0.717, 1.165) is 30.5 Å². The smallest absolute Gasteiger partial charge is 0.296 e. The van der Waals surface area contributed by atoms with Crippen LogP contribution in [-0.4, -0.2) is 26.6 Å². The first kappa shape index (κ1) is 19.9. The molecule has 0 radical (unpaired) electrons. The lowest BCUT2D eigenvalue weighted by molar-refractivity contribution is -0.213. The Morgan fingerprint density at radius 1 is 1.11 bits per heavy atom. The van der Waals surface area contributed by atoms with Crippen LogP contribution in [0.2, 0.25) is 0 Å². The second-order valence-electron chi connectivity index (χ2n) is 6.87. The van der Waals surface area contributed by atoms with E-state index >= 15 is 0 Å². The standard InChI is InChI=1S/C17H14F6N4O/c1-15(2,17(21,22)23)8-12(28)26-14-24-10-6-7-11(16(18,19)20)25-13(10)27(14)9-4-3-5-9/h3-7H,8H2,1-2H3,(H,24,26,28). The first-order valence-electron chi connectivity index (χ1n) is 8.02. The Kier molecular flexibility index (Phi) is 4.51. The van der Waals surface area contributed by atoms with E-state index in [1.54, 1.807) is 18.2 Å². The number of imidazole rings is 1. The lowest BCUT2D eigenvalue weighted by atomic mass is 9.88. The largest absolute Gasteiger partial charge is 0.433 e. The second-order valence-corrected chi connectivity index (χ2v) is 6.87. The summed E-state index contributed by atoms with van der Waals surface area (Å²) < 4.78 is 79.0. The van der Waals surface area contributed by atoms with Gasteiger partial charge in [-0.3, -0.25) is 14.7 Å². The van der Waals surface area contributed by atoms with E-state index in [9.17, 15) is 31.1 Å². The zero-order valence-electron chi connectivity index (χ0n) is 14.6. The Morgan fingerprint density at radius 2 is 1.75 bits per heavy atom. The maximum absolute atomic E-state index is 13.0. The van der Waals surface area contributed by atoms with Crippen LogP contribution in [0.3, 0.4) is 0 Å². The highest BCUT2D eigenvalue weighted by molar-refractivity contribution is 5.94. The fourth-order valence-corrected chi connectivity index (χ4v) is 2.45. The summed E-state index contributed by atoms with van der Waals surface area (Å²) in [7, 11) is 0. The third kappa shape index (κ3) is 3.60. The number of carbonyl (C=O) groups is 1. The molecule has 0 bridgehead atoms. The highest BCUT2D eigenvalue weighted by Crippen LogP contribution is 2.40. The number of fused-ring (bicyclic) bond motifs is 1. The number of pyridine rings is 1. The Morgan fingerprint density at radius 3 is 2.25 bits per heavy atom. The molecule has 0 aromatic carbocycles. The highest BCUT2D eigenvalue weighted by atomic mass is 19.4. The monoisotopic (exact) mass is 404 g/mol. The highest BCUT2D eigenvalue weighted by Gasteiger charge is 2.48. The van der Waals surface area contributed by atoms with Crippen molar-refractivity contribution in [3.63, 3.8) is 0 Å². The molecule has 11 heteroatoms. The van der Waals surface area contributed by atoms with Crippen molar-refractivity contribution in [2.45, 2.75) is 32.6 Å². The zero-order chi connectivity index (χ0) is 20.9. The lowest BCUT2D eigenvalue weighted by Crippen LogP contribution is -2.36. The molecule has 28 heavy (non-hydrogen) atoms.